The normalized spacial score (nSPS) is 14.7. The Morgan fingerprint density at radius 3 is 2.29 bits per heavy atom. The fourth-order valence-electron chi connectivity index (χ4n) is 3.31. The number of rotatable bonds is 8. The molecular weight excluding hydrogens is 394 g/mol. The maximum Gasteiger partial charge on any atom is 0.340 e. The highest BCUT2D eigenvalue weighted by atomic mass is 16.5. The first-order valence-electron chi connectivity index (χ1n) is 9.92. The lowest BCUT2D eigenvalue weighted by Crippen LogP contribution is -2.24. The highest BCUT2D eigenvalue weighted by molar-refractivity contribution is 6.23. The Morgan fingerprint density at radius 2 is 1.71 bits per heavy atom. The van der Waals surface area contributed by atoms with E-state index < -0.39 is 5.97 Å². The van der Waals surface area contributed by atoms with Gasteiger partial charge in [-0.1, -0.05) is 24.8 Å². The molecule has 0 fully saturated rings. The first kappa shape index (κ1) is 21.9. The van der Waals surface area contributed by atoms with Crippen molar-refractivity contribution in [3.63, 3.8) is 0 Å². The van der Waals surface area contributed by atoms with E-state index in [4.69, 9.17) is 14.2 Å². The van der Waals surface area contributed by atoms with Gasteiger partial charge in [-0.15, -0.1) is 0 Å². The van der Waals surface area contributed by atoms with Crippen molar-refractivity contribution in [2.45, 2.75) is 13.8 Å². The third kappa shape index (κ3) is 4.69. The van der Waals surface area contributed by atoms with Gasteiger partial charge in [-0.25, -0.2) is 4.79 Å². The van der Waals surface area contributed by atoms with Gasteiger partial charge in [0.05, 0.1) is 24.9 Å². The summed E-state index contributed by atoms with van der Waals surface area (Å²) in [5, 5.41) is 0. The van der Waals surface area contributed by atoms with Crippen molar-refractivity contribution in [3.8, 4) is 11.5 Å². The zero-order valence-corrected chi connectivity index (χ0v) is 17.9. The first-order valence-corrected chi connectivity index (χ1v) is 9.92. The number of nitrogens with zero attached hydrogens (tertiary/aromatic N) is 1. The molecule has 0 unspecified atom stereocenters. The SMILES string of the molecule is C=CCOc1ccc(/C=C2/C(=O)N(c3ccc(OC)cc3)C(C)=C2C(=O)OCC)cc1. The van der Waals surface area contributed by atoms with Gasteiger partial charge in [0.15, 0.2) is 0 Å². The number of benzene rings is 2. The van der Waals surface area contributed by atoms with Crippen LogP contribution in [0.5, 0.6) is 11.5 Å². The second kappa shape index (κ2) is 9.80. The lowest BCUT2D eigenvalue weighted by Gasteiger charge is -2.18. The molecule has 0 aromatic heterocycles. The van der Waals surface area contributed by atoms with Gasteiger partial charge in [-0.05, 0) is 61.9 Å². The van der Waals surface area contributed by atoms with Gasteiger partial charge in [0.1, 0.15) is 18.1 Å². The topological polar surface area (TPSA) is 65.1 Å². The molecule has 0 atom stereocenters. The summed E-state index contributed by atoms with van der Waals surface area (Å²) in [6, 6.07) is 14.3. The van der Waals surface area contributed by atoms with Gasteiger partial charge in [0.2, 0.25) is 0 Å². The molecule has 31 heavy (non-hydrogen) atoms. The molecule has 0 bridgehead atoms. The number of carbonyl (C=O) groups excluding carboxylic acids is 2. The largest absolute Gasteiger partial charge is 0.497 e. The van der Waals surface area contributed by atoms with E-state index in [9.17, 15) is 9.59 Å². The summed E-state index contributed by atoms with van der Waals surface area (Å²) in [6.07, 6.45) is 3.36. The lowest BCUT2D eigenvalue weighted by molar-refractivity contribution is -0.138. The van der Waals surface area contributed by atoms with Crippen molar-refractivity contribution < 1.29 is 23.8 Å². The Kier molecular flexibility index (Phi) is 6.92. The third-order valence-electron chi connectivity index (χ3n) is 4.77. The van der Waals surface area contributed by atoms with Crippen molar-refractivity contribution in [3.05, 3.63) is 83.6 Å². The van der Waals surface area contributed by atoms with Crippen LogP contribution in [0.15, 0.2) is 78.0 Å². The van der Waals surface area contributed by atoms with E-state index in [-0.39, 0.29) is 23.7 Å². The third-order valence-corrected chi connectivity index (χ3v) is 4.77. The van der Waals surface area contributed by atoms with E-state index in [0.29, 0.717) is 29.5 Å². The Labute approximate surface area is 182 Å². The van der Waals surface area contributed by atoms with E-state index >= 15 is 0 Å². The second-order valence-corrected chi connectivity index (χ2v) is 6.75. The summed E-state index contributed by atoms with van der Waals surface area (Å²) < 4.78 is 15.9. The number of allylic oxidation sites excluding steroid dienone is 1. The average molecular weight is 419 g/mol. The molecule has 6 heteroatoms. The van der Waals surface area contributed by atoms with Gasteiger partial charge in [0.25, 0.3) is 5.91 Å². The van der Waals surface area contributed by atoms with Crippen molar-refractivity contribution in [2.24, 2.45) is 0 Å². The number of amides is 1. The minimum Gasteiger partial charge on any atom is -0.497 e. The Balaban J connectivity index is 2.01. The molecule has 2 aromatic rings. The van der Waals surface area contributed by atoms with Gasteiger partial charge < -0.3 is 14.2 Å². The maximum absolute atomic E-state index is 13.3. The molecule has 0 saturated carbocycles. The minimum atomic E-state index is -0.526. The molecule has 1 aliphatic heterocycles. The molecule has 0 spiro atoms. The van der Waals surface area contributed by atoms with Crippen LogP contribution in [0.1, 0.15) is 19.4 Å². The van der Waals surface area contributed by atoms with Crippen LogP contribution < -0.4 is 14.4 Å². The molecule has 1 heterocycles. The van der Waals surface area contributed by atoms with Crippen molar-refractivity contribution in [1.29, 1.82) is 0 Å². The summed E-state index contributed by atoms with van der Waals surface area (Å²) >= 11 is 0. The second-order valence-electron chi connectivity index (χ2n) is 6.75. The molecule has 0 N–H and O–H groups in total. The van der Waals surface area contributed by atoms with Crippen LogP contribution >= 0.6 is 0 Å². The average Bonchev–Trinajstić information content (AvgIpc) is 3.03. The van der Waals surface area contributed by atoms with Crippen molar-refractivity contribution in [1.82, 2.24) is 0 Å². The molecule has 2 aromatic carbocycles. The summed E-state index contributed by atoms with van der Waals surface area (Å²) in [5.74, 6) is 0.549. The smallest absolute Gasteiger partial charge is 0.340 e. The number of ether oxygens (including phenoxy) is 3. The van der Waals surface area contributed by atoms with E-state index in [2.05, 4.69) is 6.58 Å². The highest BCUT2D eigenvalue weighted by Crippen LogP contribution is 2.36. The van der Waals surface area contributed by atoms with E-state index in [1.807, 2.05) is 12.1 Å². The molecule has 1 amide bonds. The highest BCUT2D eigenvalue weighted by Gasteiger charge is 2.38. The van der Waals surface area contributed by atoms with Crippen molar-refractivity contribution in [2.75, 3.05) is 25.2 Å². The summed E-state index contributed by atoms with van der Waals surface area (Å²) in [7, 11) is 1.58. The predicted octanol–water partition coefficient (Wildman–Crippen LogP) is 4.53. The lowest BCUT2D eigenvalue weighted by atomic mass is 10.0. The summed E-state index contributed by atoms with van der Waals surface area (Å²) in [5.41, 5.74) is 2.47. The van der Waals surface area contributed by atoms with Crippen LogP contribution in [0.25, 0.3) is 6.08 Å². The number of methoxy groups -OCH3 is 1. The minimum absolute atomic E-state index is 0.217. The number of hydrogen-bond donors (Lipinski definition) is 0. The number of hydrogen-bond acceptors (Lipinski definition) is 5. The van der Waals surface area contributed by atoms with Crippen LogP contribution in [0, 0.1) is 0 Å². The van der Waals surface area contributed by atoms with E-state index in [1.165, 1.54) is 4.90 Å². The molecule has 0 saturated heterocycles. The van der Waals surface area contributed by atoms with Gasteiger partial charge in [-0.3, -0.25) is 9.69 Å². The molecule has 3 rings (SSSR count). The van der Waals surface area contributed by atoms with E-state index in [0.717, 1.165) is 5.56 Å². The van der Waals surface area contributed by atoms with Gasteiger partial charge >= 0.3 is 5.97 Å². The molecule has 160 valence electrons. The monoisotopic (exact) mass is 419 g/mol. The predicted molar refractivity (Wildman–Crippen MR) is 120 cm³/mol. The van der Waals surface area contributed by atoms with Crippen LogP contribution in [-0.4, -0.2) is 32.2 Å². The zero-order chi connectivity index (χ0) is 22.4. The van der Waals surface area contributed by atoms with Crippen LogP contribution in [0.3, 0.4) is 0 Å². The molecule has 0 radical (unpaired) electrons. The van der Waals surface area contributed by atoms with Gasteiger partial charge in [0, 0.05) is 11.4 Å². The fraction of sp³-hybridized carbons (Fsp3) is 0.200. The molecule has 6 nitrogen and oxygen atoms in total. The molecular formula is C25H25NO5. The Hall–Kier alpha value is -3.80. The fourth-order valence-corrected chi connectivity index (χ4v) is 3.31. The Bertz CT molecular complexity index is 1030. The zero-order valence-electron chi connectivity index (χ0n) is 17.9. The van der Waals surface area contributed by atoms with Gasteiger partial charge in [-0.2, -0.15) is 0 Å². The van der Waals surface area contributed by atoms with E-state index in [1.54, 1.807) is 69.5 Å². The maximum atomic E-state index is 13.3. The van der Waals surface area contributed by atoms with Crippen LogP contribution in [-0.2, 0) is 14.3 Å². The summed E-state index contributed by atoms with van der Waals surface area (Å²) in [6.45, 7) is 7.72. The van der Waals surface area contributed by atoms with Crippen LogP contribution in [0.2, 0.25) is 0 Å². The molecule has 1 aliphatic rings. The Morgan fingerprint density at radius 1 is 1.06 bits per heavy atom. The number of carbonyl (C=O) groups is 2. The molecule has 0 aliphatic carbocycles. The first-order chi connectivity index (χ1) is 15.0. The van der Waals surface area contributed by atoms with Crippen LogP contribution in [0.4, 0.5) is 5.69 Å². The number of esters is 1. The number of anilines is 1. The van der Waals surface area contributed by atoms with Crippen molar-refractivity contribution >= 4 is 23.6 Å². The quantitative estimate of drug-likeness (QED) is 0.357. The summed E-state index contributed by atoms with van der Waals surface area (Å²) in [4.78, 5) is 27.6. The standard InChI is InChI=1S/C25H25NO5/c1-5-15-31-21-11-7-18(8-12-21)16-22-23(25(28)30-6-2)17(3)26(24(22)27)19-9-13-20(29-4)14-10-19/h5,7-14,16H,1,6,15H2,2-4H3/b22-16+.